The summed E-state index contributed by atoms with van der Waals surface area (Å²) in [5, 5.41) is 9.31. The molecule has 0 radical (unpaired) electrons. The van der Waals surface area contributed by atoms with Crippen LogP contribution in [0.15, 0.2) is 12.1 Å². The molecule has 1 N–H and O–H groups in total. The molecule has 23 heavy (non-hydrogen) atoms. The molecule has 122 valence electrons. The number of aromatic carboxylic acids is 1. The van der Waals surface area contributed by atoms with Crippen molar-refractivity contribution in [2.45, 2.75) is 52.4 Å². The van der Waals surface area contributed by atoms with Gasteiger partial charge in [-0.3, -0.25) is 9.59 Å². The Bertz CT molecular complexity index is 744. The number of benzene rings is 1. The first-order chi connectivity index (χ1) is 10.6. The summed E-state index contributed by atoms with van der Waals surface area (Å²) in [4.78, 5) is 36.4. The predicted molar refractivity (Wildman–Crippen MR) is 85.9 cm³/mol. The van der Waals surface area contributed by atoms with Gasteiger partial charge in [-0.1, -0.05) is 26.8 Å². The molecule has 0 amide bonds. The molecule has 2 aliphatic rings. The third-order valence-corrected chi connectivity index (χ3v) is 6.13. The number of carbonyl (C=O) groups excluding carboxylic acids is 2. The van der Waals surface area contributed by atoms with E-state index < -0.39 is 11.4 Å². The van der Waals surface area contributed by atoms with Crippen molar-refractivity contribution in [2.24, 2.45) is 11.3 Å². The molecule has 1 saturated carbocycles. The highest BCUT2D eigenvalue weighted by Crippen LogP contribution is 2.55. The molecule has 4 nitrogen and oxygen atoms in total. The van der Waals surface area contributed by atoms with Crippen molar-refractivity contribution < 1.29 is 19.5 Å². The zero-order valence-electron chi connectivity index (χ0n) is 14.0. The largest absolute Gasteiger partial charge is 0.478 e. The number of Topliss-reactive ketones (excluding diaryl/α,β-unsaturated/α-hetero) is 2. The molecule has 0 unspecified atom stereocenters. The van der Waals surface area contributed by atoms with E-state index in [9.17, 15) is 19.5 Å². The fourth-order valence-electron chi connectivity index (χ4n) is 4.60. The van der Waals surface area contributed by atoms with Crippen LogP contribution in [0.25, 0.3) is 0 Å². The Morgan fingerprint density at radius 2 is 1.87 bits per heavy atom. The Morgan fingerprint density at radius 1 is 1.22 bits per heavy atom. The minimum Gasteiger partial charge on any atom is -0.478 e. The molecule has 3 rings (SSSR count). The third-order valence-electron chi connectivity index (χ3n) is 6.13. The van der Waals surface area contributed by atoms with E-state index in [1.54, 1.807) is 6.92 Å². The number of rotatable bonds is 1. The molecular weight excluding hydrogens is 292 g/mol. The quantitative estimate of drug-likeness (QED) is 0.860. The molecule has 0 spiro atoms. The highest BCUT2D eigenvalue weighted by Gasteiger charge is 2.55. The van der Waals surface area contributed by atoms with Crippen molar-refractivity contribution in [3.63, 3.8) is 0 Å². The minimum atomic E-state index is -1.01. The van der Waals surface area contributed by atoms with E-state index in [0.29, 0.717) is 30.4 Å². The summed E-state index contributed by atoms with van der Waals surface area (Å²) in [5.74, 6) is -0.876. The van der Waals surface area contributed by atoms with Crippen LogP contribution < -0.4 is 0 Å². The number of hydrogen-bond acceptors (Lipinski definition) is 3. The van der Waals surface area contributed by atoms with Crippen molar-refractivity contribution in [2.75, 3.05) is 0 Å². The maximum atomic E-state index is 12.7. The van der Waals surface area contributed by atoms with Gasteiger partial charge in [-0.05, 0) is 41.9 Å². The van der Waals surface area contributed by atoms with E-state index in [1.165, 1.54) is 6.07 Å². The van der Waals surface area contributed by atoms with Gasteiger partial charge in [0.2, 0.25) is 0 Å². The van der Waals surface area contributed by atoms with E-state index >= 15 is 0 Å². The molecule has 2 aliphatic carbocycles. The summed E-state index contributed by atoms with van der Waals surface area (Å²) in [6.45, 7) is 7.76. The molecule has 0 heterocycles. The number of fused-ring (bicyclic) bond motifs is 3. The predicted octanol–water partition coefficient (Wildman–Crippen LogP) is 3.54. The lowest BCUT2D eigenvalue weighted by molar-refractivity contribution is -0.136. The first-order valence-corrected chi connectivity index (χ1v) is 8.04. The van der Waals surface area contributed by atoms with Gasteiger partial charge in [0, 0.05) is 23.8 Å². The molecule has 2 atom stereocenters. The summed E-state index contributed by atoms with van der Waals surface area (Å²) < 4.78 is 0. The van der Waals surface area contributed by atoms with Gasteiger partial charge in [0.05, 0.1) is 5.56 Å². The molecule has 1 fully saturated rings. The number of aryl methyl sites for hydroxylation is 1. The first kappa shape index (κ1) is 15.9. The Balaban J connectivity index is 2.24. The van der Waals surface area contributed by atoms with Crippen LogP contribution in [0.1, 0.15) is 71.9 Å². The van der Waals surface area contributed by atoms with E-state index in [4.69, 9.17) is 0 Å². The van der Waals surface area contributed by atoms with E-state index in [1.807, 2.05) is 19.9 Å². The lowest BCUT2D eigenvalue weighted by Gasteiger charge is -2.52. The van der Waals surface area contributed by atoms with E-state index in [0.717, 1.165) is 5.56 Å². The Morgan fingerprint density at radius 3 is 2.48 bits per heavy atom. The lowest BCUT2D eigenvalue weighted by atomic mass is 9.49. The van der Waals surface area contributed by atoms with E-state index in [-0.39, 0.29) is 28.5 Å². The topological polar surface area (TPSA) is 71.4 Å². The highest BCUT2D eigenvalue weighted by molar-refractivity contribution is 6.03. The van der Waals surface area contributed by atoms with Gasteiger partial charge in [0.25, 0.3) is 0 Å². The second-order valence-electron chi connectivity index (χ2n) is 7.76. The molecule has 1 aromatic carbocycles. The third kappa shape index (κ3) is 2.07. The number of hydrogen-bond donors (Lipinski definition) is 1. The Kier molecular flexibility index (Phi) is 3.29. The van der Waals surface area contributed by atoms with Crippen LogP contribution in [0.3, 0.4) is 0 Å². The normalized spacial score (nSPS) is 29.0. The zero-order chi connectivity index (χ0) is 17.2. The zero-order valence-corrected chi connectivity index (χ0v) is 14.0. The number of carboxylic acid groups (broad SMARTS) is 1. The second-order valence-corrected chi connectivity index (χ2v) is 7.76. The fourth-order valence-corrected chi connectivity index (χ4v) is 4.60. The Labute approximate surface area is 135 Å². The van der Waals surface area contributed by atoms with E-state index in [2.05, 4.69) is 6.92 Å². The fraction of sp³-hybridized carbons (Fsp3) is 0.526. The van der Waals surface area contributed by atoms with Gasteiger partial charge >= 0.3 is 5.97 Å². The summed E-state index contributed by atoms with van der Waals surface area (Å²) >= 11 is 0. The first-order valence-electron chi connectivity index (χ1n) is 8.04. The summed E-state index contributed by atoms with van der Waals surface area (Å²) in [5.41, 5.74) is 1.51. The van der Waals surface area contributed by atoms with Crippen LogP contribution >= 0.6 is 0 Å². The van der Waals surface area contributed by atoms with Gasteiger partial charge in [-0.15, -0.1) is 0 Å². The molecule has 1 aromatic rings. The van der Waals surface area contributed by atoms with Gasteiger partial charge in [0.15, 0.2) is 5.78 Å². The molecule has 0 aromatic heterocycles. The van der Waals surface area contributed by atoms with Gasteiger partial charge < -0.3 is 5.11 Å². The lowest BCUT2D eigenvalue weighted by Crippen LogP contribution is -2.53. The molecule has 4 heteroatoms. The van der Waals surface area contributed by atoms with Gasteiger partial charge in [0.1, 0.15) is 5.78 Å². The van der Waals surface area contributed by atoms with Crippen LogP contribution in [0, 0.1) is 18.3 Å². The molecular formula is C19H22O4. The standard InChI is InChI=1S/C19H22O4/c1-10-7-13-12(8-11(10)17(22)23)14(20)9-15-18(2,3)16(21)5-6-19(13,15)4/h7-8,15H,5-6,9H2,1-4H3,(H,22,23)/t15-,19+/m0/s1. The summed E-state index contributed by atoms with van der Waals surface area (Å²) in [7, 11) is 0. The second kappa shape index (κ2) is 4.76. The molecule has 0 saturated heterocycles. The van der Waals surface area contributed by atoms with Crippen molar-refractivity contribution in [3.8, 4) is 0 Å². The van der Waals surface area contributed by atoms with Crippen LogP contribution in [0.5, 0.6) is 0 Å². The SMILES string of the molecule is Cc1cc2c(cc1C(=O)O)C(=O)C[C@H]1C(C)(C)C(=O)CC[C@]21C. The van der Waals surface area contributed by atoms with Crippen molar-refractivity contribution in [1.29, 1.82) is 0 Å². The number of carbonyl (C=O) groups is 3. The smallest absolute Gasteiger partial charge is 0.335 e. The molecule has 0 bridgehead atoms. The maximum Gasteiger partial charge on any atom is 0.335 e. The van der Waals surface area contributed by atoms with Crippen LogP contribution in [0.4, 0.5) is 0 Å². The minimum absolute atomic E-state index is 0.0358. The molecule has 0 aliphatic heterocycles. The number of carboxylic acids is 1. The van der Waals surface area contributed by atoms with Gasteiger partial charge in [-0.2, -0.15) is 0 Å². The maximum absolute atomic E-state index is 12.7. The van der Waals surface area contributed by atoms with Crippen LogP contribution in [0.2, 0.25) is 0 Å². The summed E-state index contributed by atoms with van der Waals surface area (Å²) in [6, 6.07) is 3.38. The van der Waals surface area contributed by atoms with Crippen molar-refractivity contribution >= 4 is 17.5 Å². The average molecular weight is 314 g/mol. The van der Waals surface area contributed by atoms with Crippen LogP contribution in [-0.2, 0) is 10.2 Å². The van der Waals surface area contributed by atoms with Crippen molar-refractivity contribution in [1.82, 2.24) is 0 Å². The Hall–Kier alpha value is -1.97. The summed E-state index contributed by atoms with van der Waals surface area (Å²) in [6.07, 6.45) is 1.53. The highest BCUT2D eigenvalue weighted by atomic mass is 16.4. The number of ketones is 2. The monoisotopic (exact) mass is 314 g/mol. The van der Waals surface area contributed by atoms with Crippen LogP contribution in [-0.4, -0.2) is 22.6 Å². The average Bonchev–Trinajstić information content (AvgIpc) is 2.46. The van der Waals surface area contributed by atoms with Crippen molar-refractivity contribution in [3.05, 3.63) is 34.4 Å². The van der Waals surface area contributed by atoms with Gasteiger partial charge in [-0.25, -0.2) is 4.79 Å².